The number of rotatable bonds is 7. The van der Waals surface area contributed by atoms with E-state index >= 15 is 0 Å². The lowest BCUT2D eigenvalue weighted by atomic mass is 9.86. The predicted octanol–water partition coefficient (Wildman–Crippen LogP) is 4.02. The van der Waals surface area contributed by atoms with E-state index in [9.17, 15) is 19.7 Å². The highest BCUT2D eigenvalue weighted by Gasteiger charge is 2.48. The topological polar surface area (TPSA) is 118 Å². The molecule has 0 bridgehead atoms. The number of aromatic nitrogens is 1. The molecule has 10 nitrogen and oxygen atoms in total. The number of methoxy groups -OCH3 is 2. The minimum atomic E-state index is -0.682. The fourth-order valence-electron chi connectivity index (χ4n) is 5.94. The predicted molar refractivity (Wildman–Crippen MR) is 147 cm³/mol. The first kappa shape index (κ1) is 25.4. The number of H-pyrrole nitrogens is 1. The fraction of sp³-hybridized carbons (Fsp3) is 0.267. The number of piperazine rings is 1. The minimum absolute atomic E-state index is 0.0321. The standard InChI is InChI=1S/C30H28N4O6/c1-39-25-12-7-18(15-26(25)40-2)13-14-32-17-27(35)33-24(30(32)36)16-22-21-5-3-4-6-23(21)31-28(22)29(33)19-8-10-20(11-9-19)34(37)38/h3-12,15,24,29,31H,13-14,16-17H2,1-2H3/t24-,29+/m0/s1. The number of nitro benzene ring substituents is 1. The number of para-hydroxylation sites is 1. The second kappa shape index (κ2) is 10.0. The summed E-state index contributed by atoms with van der Waals surface area (Å²) in [7, 11) is 3.15. The van der Waals surface area contributed by atoms with Crippen molar-refractivity contribution in [3.63, 3.8) is 0 Å². The van der Waals surface area contributed by atoms with Gasteiger partial charge < -0.3 is 24.3 Å². The van der Waals surface area contributed by atoms with Gasteiger partial charge in [0.2, 0.25) is 11.8 Å². The lowest BCUT2D eigenvalue weighted by Crippen LogP contribution is -2.63. The van der Waals surface area contributed by atoms with E-state index in [0.717, 1.165) is 27.7 Å². The number of carbonyl (C=O) groups is 2. The summed E-state index contributed by atoms with van der Waals surface area (Å²) < 4.78 is 10.7. The largest absolute Gasteiger partial charge is 0.493 e. The SMILES string of the molecule is COc1ccc(CCN2CC(=O)N3[C@H](c4ccc([N+](=O)[O-])cc4)c4[nH]c5ccccc5c4C[C@H]3C2=O)cc1OC. The Bertz CT molecular complexity index is 1630. The number of hydrogen-bond donors (Lipinski definition) is 1. The molecule has 40 heavy (non-hydrogen) atoms. The number of ether oxygens (including phenoxy) is 2. The van der Waals surface area contributed by atoms with E-state index in [1.54, 1.807) is 36.2 Å². The average molecular weight is 541 g/mol. The van der Waals surface area contributed by atoms with Gasteiger partial charge in [-0.25, -0.2) is 0 Å². The molecule has 2 aliphatic rings. The molecule has 1 N–H and O–H groups in total. The Morgan fingerprint density at radius 1 is 1.00 bits per heavy atom. The number of non-ortho nitro benzene ring substituents is 1. The third-order valence-electron chi connectivity index (χ3n) is 7.88. The molecule has 0 saturated carbocycles. The lowest BCUT2D eigenvalue weighted by Gasteiger charge is -2.47. The number of nitrogens with zero attached hydrogens (tertiary/aromatic N) is 3. The van der Waals surface area contributed by atoms with E-state index < -0.39 is 17.0 Å². The van der Waals surface area contributed by atoms with Crippen LogP contribution in [0, 0.1) is 10.1 Å². The van der Waals surface area contributed by atoms with Crippen molar-refractivity contribution in [1.82, 2.24) is 14.8 Å². The molecule has 3 heterocycles. The monoisotopic (exact) mass is 540 g/mol. The van der Waals surface area contributed by atoms with Gasteiger partial charge in [-0.2, -0.15) is 0 Å². The summed E-state index contributed by atoms with van der Waals surface area (Å²) in [4.78, 5) is 45.2. The third-order valence-corrected chi connectivity index (χ3v) is 7.88. The third kappa shape index (κ3) is 4.21. The van der Waals surface area contributed by atoms with Crippen LogP contribution in [0.1, 0.15) is 28.4 Å². The Hall–Kier alpha value is -4.86. The van der Waals surface area contributed by atoms with E-state index in [0.29, 0.717) is 36.4 Å². The molecule has 6 rings (SSSR count). The summed E-state index contributed by atoms with van der Waals surface area (Å²) in [5.41, 5.74) is 4.39. The minimum Gasteiger partial charge on any atom is -0.493 e. The Morgan fingerprint density at radius 2 is 1.75 bits per heavy atom. The van der Waals surface area contributed by atoms with E-state index in [4.69, 9.17) is 9.47 Å². The molecule has 1 fully saturated rings. The normalized spacial score (nSPS) is 18.4. The molecule has 0 spiro atoms. The van der Waals surface area contributed by atoms with Crippen LogP contribution < -0.4 is 9.47 Å². The van der Waals surface area contributed by atoms with Crippen LogP contribution in [0.2, 0.25) is 0 Å². The molecule has 4 aromatic rings. The van der Waals surface area contributed by atoms with Crippen molar-refractivity contribution >= 4 is 28.4 Å². The summed E-state index contributed by atoms with van der Waals surface area (Å²) in [6.07, 6.45) is 0.941. The van der Waals surface area contributed by atoms with Gasteiger partial charge in [-0.3, -0.25) is 19.7 Å². The Labute approximate surface area is 230 Å². The number of nitrogens with one attached hydrogen (secondary N) is 1. The average Bonchev–Trinajstić information content (AvgIpc) is 3.35. The zero-order valence-electron chi connectivity index (χ0n) is 22.1. The summed E-state index contributed by atoms with van der Waals surface area (Å²) in [5.74, 6) is 0.963. The number of amides is 2. The Balaban J connectivity index is 1.34. The molecular weight excluding hydrogens is 512 g/mol. The molecule has 0 radical (unpaired) electrons. The van der Waals surface area contributed by atoms with Gasteiger partial charge in [0.15, 0.2) is 11.5 Å². The first-order chi connectivity index (χ1) is 19.4. The molecule has 2 atom stereocenters. The van der Waals surface area contributed by atoms with Crippen molar-refractivity contribution < 1.29 is 24.0 Å². The maximum atomic E-state index is 13.9. The molecule has 1 aromatic heterocycles. The highest BCUT2D eigenvalue weighted by atomic mass is 16.6. The molecule has 2 aliphatic heterocycles. The molecule has 204 valence electrons. The molecule has 0 unspecified atom stereocenters. The zero-order valence-corrected chi connectivity index (χ0v) is 22.1. The Morgan fingerprint density at radius 3 is 2.48 bits per heavy atom. The number of hydrogen-bond acceptors (Lipinski definition) is 6. The van der Waals surface area contributed by atoms with Crippen molar-refractivity contribution in [2.75, 3.05) is 27.3 Å². The number of fused-ring (bicyclic) bond motifs is 4. The van der Waals surface area contributed by atoms with Crippen molar-refractivity contribution in [2.45, 2.75) is 24.9 Å². The van der Waals surface area contributed by atoms with Crippen LogP contribution in [0.4, 0.5) is 5.69 Å². The molecule has 1 saturated heterocycles. The van der Waals surface area contributed by atoms with Gasteiger partial charge in [-0.1, -0.05) is 24.3 Å². The smallest absolute Gasteiger partial charge is 0.269 e. The van der Waals surface area contributed by atoms with Gasteiger partial charge in [0.1, 0.15) is 6.04 Å². The molecule has 2 amide bonds. The van der Waals surface area contributed by atoms with Crippen LogP contribution in [0.25, 0.3) is 10.9 Å². The van der Waals surface area contributed by atoms with Gasteiger partial charge in [0, 0.05) is 41.7 Å². The van der Waals surface area contributed by atoms with E-state index in [1.165, 1.54) is 12.1 Å². The molecular formula is C30H28N4O6. The maximum Gasteiger partial charge on any atom is 0.269 e. The first-order valence-corrected chi connectivity index (χ1v) is 13.0. The summed E-state index contributed by atoms with van der Waals surface area (Å²) in [6, 6.07) is 18.5. The van der Waals surface area contributed by atoms with Crippen molar-refractivity contribution in [3.05, 3.63) is 99.2 Å². The van der Waals surface area contributed by atoms with Gasteiger partial charge in [0.05, 0.1) is 31.7 Å². The molecule has 10 heteroatoms. The fourth-order valence-corrected chi connectivity index (χ4v) is 5.94. The van der Waals surface area contributed by atoms with Crippen LogP contribution in [0.15, 0.2) is 66.7 Å². The van der Waals surface area contributed by atoms with Crippen LogP contribution in [-0.4, -0.2) is 64.9 Å². The number of nitro groups is 1. The van der Waals surface area contributed by atoms with Crippen molar-refractivity contribution in [3.8, 4) is 11.5 Å². The van der Waals surface area contributed by atoms with Gasteiger partial charge in [0.25, 0.3) is 5.69 Å². The van der Waals surface area contributed by atoms with Crippen LogP contribution >= 0.6 is 0 Å². The van der Waals surface area contributed by atoms with Gasteiger partial charge >= 0.3 is 0 Å². The highest BCUT2D eigenvalue weighted by molar-refractivity contribution is 5.97. The second-order valence-electron chi connectivity index (χ2n) is 10.0. The quantitative estimate of drug-likeness (QED) is 0.280. The number of aromatic amines is 1. The van der Waals surface area contributed by atoms with Crippen LogP contribution in [0.3, 0.4) is 0 Å². The maximum absolute atomic E-state index is 13.9. The lowest BCUT2D eigenvalue weighted by molar-refractivity contribution is -0.384. The van der Waals surface area contributed by atoms with Crippen molar-refractivity contribution in [2.24, 2.45) is 0 Å². The van der Waals surface area contributed by atoms with E-state index in [2.05, 4.69) is 4.98 Å². The number of carbonyl (C=O) groups excluding carboxylic acids is 2. The second-order valence-corrected chi connectivity index (χ2v) is 10.0. The molecule has 3 aromatic carbocycles. The van der Waals surface area contributed by atoms with Gasteiger partial charge in [-0.05, 0) is 53.4 Å². The van der Waals surface area contributed by atoms with Crippen LogP contribution in [0.5, 0.6) is 11.5 Å². The summed E-state index contributed by atoms with van der Waals surface area (Å²) in [6.45, 7) is 0.342. The summed E-state index contributed by atoms with van der Waals surface area (Å²) in [5, 5.41) is 12.3. The Kier molecular flexibility index (Phi) is 6.37. The highest BCUT2D eigenvalue weighted by Crippen LogP contribution is 2.42. The molecule has 0 aliphatic carbocycles. The summed E-state index contributed by atoms with van der Waals surface area (Å²) >= 11 is 0. The van der Waals surface area contributed by atoms with E-state index in [1.807, 2.05) is 42.5 Å². The van der Waals surface area contributed by atoms with E-state index in [-0.39, 0.29) is 24.0 Å². The van der Waals surface area contributed by atoms with Crippen LogP contribution in [-0.2, 0) is 22.4 Å². The first-order valence-electron chi connectivity index (χ1n) is 13.0. The number of benzene rings is 3. The van der Waals surface area contributed by atoms with Gasteiger partial charge in [-0.15, -0.1) is 0 Å². The van der Waals surface area contributed by atoms with Crippen molar-refractivity contribution in [1.29, 1.82) is 0 Å². The zero-order chi connectivity index (χ0) is 28.0.